The fourth-order valence-electron chi connectivity index (χ4n) is 1.09. The van der Waals surface area contributed by atoms with E-state index in [1.54, 1.807) is 0 Å². The third kappa shape index (κ3) is 15.1. The van der Waals surface area contributed by atoms with E-state index < -0.39 is 9.05 Å². The van der Waals surface area contributed by atoms with Crippen molar-refractivity contribution in [2.75, 3.05) is 6.61 Å². The monoisotopic (exact) mass is 216 g/mol. The van der Waals surface area contributed by atoms with Crippen molar-refractivity contribution >= 4 is 27.9 Å². The topological polar surface area (TPSA) is 69.9 Å². The third-order valence-electron chi connectivity index (χ3n) is 1.79. The van der Waals surface area contributed by atoms with Gasteiger partial charge in [0.15, 0.2) is 0 Å². The van der Waals surface area contributed by atoms with Gasteiger partial charge in [0.05, 0.1) is 0 Å². The summed E-state index contributed by atoms with van der Waals surface area (Å²) in [6.07, 6.45) is 6.63. The molecule has 0 atom stereocenters. The van der Waals surface area contributed by atoms with Gasteiger partial charge in [0.2, 0.25) is 0 Å². The normalized spacial score (nSPS) is 11.1. The Morgan fingerprint density at radius 2 is 1.43 bits per heavy atom. The Balaban J connectivity index is 0. The molecule has 0 aromatic rings. The van der Waals surface area contributed by atoms with Crippen LogP contribution >= 0.6 is 0 Å². The maximum atomic E-state index is 8.49. The first-order valence-electron chi connectivity index (χ1n) is 4.87. The van der Waals surface area contributed by atoms with Crippen LogP contribution in [0.2, 0.25) is 0 Å². The molecular weight excluding hydrogens is 195 g/mol. The summed E-state index contributed by atoms with van der Waals surface area (Å²) >= 11 is 0. The van der Waals surface area contributed by atoms with Gasteiger partial charge in [-0.05, 0) is 6.42 Å². The van der Waals surface area contributed by atoms with E-state index in [4.69, 9.17) is 14.4 Å². The van der Waals surface area contributed by atoms with Crippen molar-refractivity contribution in [3.8, 4) is 0 Å². The molecule has 0 saturated heterocycles. The van der Waals surface area contributed by atoms with Gasteiger partial charge in [-0.3, -0.25) is 0 Å². The molecule has 6 heteroatoms. The van der Waals surface area contributed by atoms with Gasteiger partial charge in [-0.2, -0.15) is 0 Å². The number of hydrogen-bond donors (Lipinski definition) is 3. The van der Waals surface area contributed by atoms with Crippen LogP contribution in [0.15, 0.2) is 0 Å². The molecule has 0 radical (unpaired) electrons. The minimum atomic E-state index is -4.23. The second-order valence-corrected chi connectivity index (χ2v) is 4.63. The van der Waals surface area contributed by atoms with E-state index in [2.05, 4.69) is 11.3 Å². The standard InChI is InChI=1S/C8H20O4Si.Li.H/c1-2-3-4-5-6-7-8-12-13(9,10)11;;/h9-11H,2-8H2,1H3;;. The summed E-state index contributed by atoms with van der Waals surface area (Å²) in [4.78, 5) is 25.5. The van der Waals surface area contributed by atoms with Crippen LogP contribution in [-0.4, -0.2) is 48.9 Å². The molecule has 0 rings (SSSR count). The second-order valence-electron chi connectivity index (χ2n) is 3.19. The van der Waals surface area contributed by atoms with E-state index in [1.807, 2.05) is 0 Å². The van der Waals surface area contributed by atoms with Crippen LogP contribution in [0.1, 0.15) is 45.4 Å². The Bertz CT molecular complexity index is 118. The quantitative estimate of drug-likeness (QED) is 0.398. The van der Waals surface area contributed by atoms with Gasteiger partial charge < -0.3 is 18.8 Å². The van der Waals surface area contributed by atoms with Crippen LogP contribution in [0.25, 0.3) is 0 Å². The Kier molecular flexibility index (Phi) is 12.4. The summed E-state index contributed by atoms with van der Waals surface area (Å²) < 4.78 is 4.44. The molecule has 0 bridgehead atoms. The number of rotatable bonds is 8. The molecule has 0 fully saturated rings. The zero-order valence-corrected chi connectivity index (χ0v) is 9.20. The van der Waals surface area contributed by atoms with E-state index in [1.165, 1.54) is 19.3 Å². The summed E-state index contributed by atoms with van der Waals surface area (Å²) in [5.41, 5.74) is 0. The van der Waals surface area contributed by atoms with Crippen molar-refractivity contribution in [3.05, 3.63) is 0 Å². The molecule has 0 aliphatic heterocycles. The van der Waals surface area contributed by atoms with Crippen molar-refractivity contribution < 1.29 is 18.8 Å². The average molecular weight is 216 g/mol. The van der Waals surface area contributed by atoms with Gasteiger partial charge >= 0.3 is 27.9 Å². The molecule has 3 N–H and O–H groups in total. The number of unbranched alkanes of at least 4 members (excludes halogenated alkanes) is 5. The zero-order chi connectivity index (χ0) is 10.2. The molecule has 0 amide bonds. The fourth-order valence-corrected chi connectivity index (χ4v) is 1.51. The summed E-state index contributed by atoms with van der Waals surface area (Å²) in [6, 6.07) is 0. The second kappa shape index (κ2) is 10.2. The summed E-state index contributed by atoms with van der Waals surface area (Å²) in [5.74, 6) is 0. The molecule has 82 valence electrons. The maximum absolute atomic E-state index is 8.49. The van der Waals surface area contributed by atoms with Crippen molar-refractivity contribution in [2.45, 2.75) is 45.4 Å². The SMILES string of the molecule is CCCCCCCCO[Si](O)(O)O.[LiH]. The predicted molar refractivity (Wildman–Crippen MR) is 58.9 cm³/mol. The van der Waals surface area contributed by atoms with Gasteiger partial charge in [0, 0.05) is 6.61 Å². The average Bonchev–Trinajstić information content (AvgIpc) is 2.01. The predicted octanol–water partition coefficient (Wildman–Crippen LogP) is 0.127. The van der Waals surface area contributed by atoms with Gasteiger partial charge in [0.1, 0.15) is 0 Å². The molecule has 0 aliphatic rings. The van der Waals surface area contributed by atoms with E-state index in [9.17, 15) is 0 Å². The first-order valence-corrected chi connectivity index (χ1v) is 6.62. The fraction of sp³-hybridized carbons (Fsp3) is 1.00. The van der Waals surface area contributed by atoms with Gasteiger partial charge in [0.25, 0.3) is 0 Å². The summed E-state index contributed by atoms with van der Waals surface area (Å²) in [6.45, 7) is 2.40. The van der Waals surface area contributed by atoms with Crippen molar-refractivity contribution in [3.63, 3.8) is 0 Å². The molecule has 14 heavy (non-hydrogen) atoms. The minimum absolute atomic E-state index is 0. The molecule has 0 saturated carbocycles. The molecule has 0 heterocycles. The Hall–Kier alpha value is 0.654. The van der Waals surface area contributed by atoms with Gasteiger partial charge in [-0.25, -0.2) is 0 Å². The van der Waals surface area contributed by atoms with Crippen LogP contribution in [0.5, 0.6) is 0 Å². The van der Waals surface area contributed by atoms with Crippen LogP contribution in [-0.2, 0) is 4.43 Å². The molecule has 0 aliphatic carbocycles. The molecule has 0 aromatic carbocycles. The van der Waals surface area contributed by atoms with E-state index >= 15 is 0 Å². The summed E-state index contributed by atoms with van der Waals surface area (Å²) in [5, 5.41) is 0. The van der Waals surface area contributed by atoms with Crippen molar-refractivity contribution in [2.24, 2.45) is 0 Å². The van der Waals surface area contributed by atoms with Crippen LogP contribution < -0.4 is 0 Å². The molecular formula is C8H21LiO4Si. The zero-order valence-electron chi connectivity index (χ0n) is 8.20. The van der Waals surface area contributed by atoms with Crippen LogP contribution in [0, 0.1) is 0 Å². The van der Waals surface area contributed by atoms with Crippen LogP contribution in [0.3, 0.4) is 0 Å². The van der Waals surface area contributed by atoms with Gasteiger partial charge in [-0.15, -0.1) is 0 Å². The molecule has 0 spiro atoms. The molecule has 4 nitrogen and oxygen atoms in total. The third-order valence-corrected chi connectivity index (χ3v) is 2.39. The Morgan fingerprint density at radius 1 is 0.929 bits per heavy atom. The van der Waals surface area contributed by atoms with Gasteiger partial charge in [-0.1, -0.05) is 39.0 Å². The van der Waals surface area contributed by atoms with Crippen LogP contribution in [0.4, 0.5) is 0 Å². The first kappa shape index (κ1) is 17.1. The van der Waals surface area contributed by atoms with Crippen molar-refractivity contribution in [1.29, 1.82) is 0 Å². The molecule has 0 unspecified atom stereocenters. The summed E-state index contributed by atoms with van der Waals surface area (Å²) in [7, 11) is -4.23. The first-order chi connectivity index (χ1) is 6.06. The van der Waals surface area contributed by atoms with E-state index in [-0.39, 0.29) is 25.5 Å². The number of hydrogen-bond acceptors (Lipinski definition) is 4. The molecule has 0 aromatic heterocycles. The van der Waals surface area contributed by atoms with Crippen molar-refractivity contribution in [1.82, 2.24) is 0 Å². The Morgan fingerprint density at radius 3 is 1.93 bits per heavy atom. The van der Waals surface area contributed by atoms with E-state index in [0.717, 1.165) is 19.3 Å². The van der Waals surface area contributed by atoms with E-state index in [0.29, 0.717) is 0 Å². The Labute approximate surface area is 99.0 Å².